The Labute approximate surface area is 223 Å². The number of fused-ring (bicyclic) bond motifs is 1. The number of hydrogen-bond donors (Lipinski definition) is 2. The number of benzene rings is 2. The van der Waals surface area contributed by atoms with Crippen molar-refractivity contribution in [1.29, 1.82) is 0 Å². The zero-order valence-corrected chi connectivity index (χ0v) is 22.4. The first-order chi connectivity index (χ1) is 18.1. The molecule has 2 rings (SSSR count). The number of ether oxygens (including phenoxy) is 3. The number of aldehydes is 1. The van der Waals surface area contributed by atoms with Crippen LogP contribution in [0.2, 0.25) is 0 Å². The van der Waals surface area contributed by atoms with Crippen LogP contribution in [-0.2, 0) is 39.8 Å². The molecule has 0 radical (unpaired) electrons. The van der Waals surface area contributed by atoms with Gasteiger partial charge in [0.25, 0.3) is 5.91 Å². The van der Waals surface area contributed by atoms with Crippen molar-refractivity contribution in [1.82, 2.24) is 5.32 Å². The lowest BCUT2D eigenvalue weighted by molar-refractivity contribution is -0.178. The van der Waals surface area contributed by atoms with Crippen LogP contribution in [0.3, 0.4) is 0 Å². The standard InChI is InChI=1S/C29H39NO8/c1-29(2,3)38-24(32)20-37-26(28(34)35)25(36-18-10-9-17-31)27(33)30-16-8-4-5-11-21-14-15-22-12-6-7-13-23(22)19-21/h6-7,12-15,17,19,25-26H,4-5,8-11,16,18,20H2,1-3H3,(H,30,33)(H,34,35)/t25-,26-/m1/s1. The SMILES string of the molecule is CC(C)(C)OC(=O)CO[C@@H](C(=O)O)[C@@H](OCCCC=O)C(=O)NCCCCCc1ccc2ccccc2c1. The number of amides is 1. The van der Waals surface area contributed by atoms with Gasteiger partial charge >= 0.3 is 11.9 Å². The van der Waals surface area contributed by atoms with E-state index in [9.17, 15) is 24.3 Å². The van der Waals surface area contributed by atoms with Crippen LogP contribution in [0.15, 0.2) is 42.5 Å². The molecule has 0 aromatic heterocycles. The number of carboxylic acid groups (broad SMARTS) is 1. The van der Waals surface area contributed by atoms with Gasteiger partial charge in [-0.1, -0.05) is 48.9 Å². The third kappa shape index (κ3) is 11.4. The molecule has 0 aliphatic carbocycles. The lowest BCUT2D eigenvalue weighted by Gasteiger charge is -2.25. The maximum Gasteiger partial charge on any atom is 0.336 e. The molecule has 1 amide bonds. The minimum Gasteiger partial charge on any atom is -0.479 e. The van der Waals surface area contributed by atoms with Crippen molar-refractivity contribution in [2.45, 2.75) is 77.1 Å². The predicted octanol–water partition coefficient (Wildman–Crippen LogP) is 3.84. The number of hydrogen-bond acceptors (Lipinski definition) is 7. The number of nitrogens with one attached hydrogen (secondary N) is 1. The number of aliphatic carboxylic acids is 1. The smallest absolute Gasteiger partial charge is 0.336 e. The van der Waals surface area contributed by atoms with E-state index in [2.05, 4.69) is 35.6 Å². The maximum atomic E-state index is 12.8. The summed E-state index contributed by atoms with van der Waals surface area (Å²) in [6, 6.07) is 14.6. The number of carboxylic acids is 1. The van der Waals surface area contributed by atoms with E-state index < -0.39 is 42.3 Å². The summed E-state index contributed by atoms with van der Waals surface area (Å²) in [5.41, 5.74) is 0.484. The van der Waals surface area contributed by atoms with E-state index in [1.165, 1.54) is 16.3 Å². The Kier molecular flexibility index (Phi) is 12.9. The minimum absolute atomic E-state index is 0.0117. The highest BCUT2D eigenvalue weighted by Crippen LogP contribution is 2.17. The van der Waals surface area contributed by atoms with E-state index >= 15 is 0 Å². The lowest BCUT2D eigenvalue weighted by Crippen LogP contribution is -2.49. The van der Waals surface area contributed by atoms with Crippen molar-refractivity contribution in [3.63, 3.8) is 0 Å². The Bertz CT molecular complexity index is 1060. The molecular weight excluding hydrogens is 490 g/mol. The molecule has 2 atom stereocenters. The monoisotopic (exact) mass is 529 g/mol. The third-order valence-electron chi connectivity index (χ3n) is 5.60. The molecule has 38 heavy (non-hydrogen) atoms. The van der Waals surface area contributed by atoms with Gasteiger partial charge in [-0.05, 0) is 62.8 Å². The molecule has 0 fully saturated rings. The fourth-order valence-electron chi connectivity index (χ4n) is 3.83. The van der Waals surface area contributed by atoms with Crippen LogP contribution in [0.5, 0.6) is 0 Å². The number of esters is 1. The second kappa shape index (κ2) is 15.8. The number of rotatable bonds is 17. The van der Waals surface area contributed by atoms with Crippen LogP contribution >= 0.6 is 0 Å². The van der Waals surface area contributed by atoms with E-state index in [1.807, 2.05) is 12.1 Å². The van der Waals surface area contributed by atoms with Crippen LogP contribution in [0.4, 0.5) is 0 Å². The third-order valence-corrected chi connectivity index (χ3v) is 5.60. The second-order valence-electron chi connectivity index (χ2n) is 10.0. The van der Waals surface area contributed by atoms with E-state index in [4.69, 9.17) is 14.2 Å². The highest BCUT2D eigenvalue weighted by molar-refractivity contribution is 5.88. The van der Waals surface area contributed by atoms with E-state index in [1.54, 1.807) is 20.8 Å². The van der Waals surface area contributed by atoms with E-state index in [0.717, 1.165) is 19.3 Å². The Morgan fingerprint density at radius 1 is 0.947 bits per heavy atom. The van der Waals surface area contributed by atoms with Gasteiger partial charge in [0.2, 0.25) is 0 Å². The molecule has 0 saturated heterocycles. The normalized spacial score (nSPS) is 13.0. The molecule has 2 N–H and O–H groups in total. The minimum atomic E-state index is -1.72. The summed E-state index contributed by atoms with van der Waals surface area (Å²) in [6.07, 6.45) is 1.47. The fourth-order valence-corrected chi connectivity index (χ4v) is 3.83. The first-order valence-electron chi connectivity index (χ1n) is 13.0. The zero-order valence-electron chi connectivity index (χ0n) is 22.4. The van der Waals surface area contributed by atoms with Crippen molar-refractivity contribution >= 4 is 34.9 Å². The van der Waals surface area contributed by atoms with Crippen molar-refractivity contribution in [2.75, 3.05) is 19.8 Å². The quantitative estimate of drug-likeness (QED) is 0.180. The first kappa shape index (κ1) is 30.9. The van der Waals surface area contributed by atoms with Crippen molar-refractivity contribution in [2.24, 2.45) is 0 Å². The van der Waals surface area contributed by atoms with E-state index in [-0.39, 0.29) is 13.0 Å². The Morgan fingerprint density at radius 3 is 2.37 bits per heavy atom. The molecule has 208 valence electrons. The molecule has 0 bridgehead atoms. The topological polar surface area (TPSA) is 128 Å². The number of aryl methyl sites for hydroxylation is 1. The number of unbranched alkanes of at least 4 members (excludes halogenated alkanes) is 3. The van der Waals surface area contributed by atoms with Crippen LogP contribution in [0.25, 0.3) is 10.8 Å². The predicted molar refractivity (Wildman–Crippen MR) is 143 cm³/mol. The molecule has 0 saturated carbocycles. The van der Waals surface area contributed by atoms with Gasteiger partial charge in [0.1, 0.15) is 18.5 Å². The van der Waals surface area contributed by atoms with Gasteiger partial charge in [0.05, 0.1) is 0 Å². The molecule has 0 heterocycles. The molecule has 0 unspecified atom stereocenters. The van der Waals surface area contributed by atoms with Crippen LogP contribution in [0, 0.1) is 0 Å². The van der Waals surface area contributed by atoms with Crippen LogP contribution in [0.1, 0.15) is 58.4 Å². The summed E-state index contributed by atoms with van der Waals surface area (Å²) in [5.74, 6) is -2.85. The van der Waals surface area contributed by atoms with Gasteiger partial charge in [-0.25, -0.2) is 9.59 Å². The highest BCUT2D eigenvalue weighted by Gasteiger charge is 2.36. The van der Waals surface area contributed by atoms with Crippen LogP contribution < -0.4 is 5.32 Å². The highest BCUT2D eigenvalue weighted by atomic mass is 16.6. The molecule has 2 aromatic carbocycles. The Hall–Kier alpha value is -3.30. The van der Waals surface area contributed by atoms with Crippen molar-refractivity contribution < 1.29 is 38.5 Å². The average Bonchev–Trinajstić information content (AvgIpc) is 2.86. The molecule has 0 aliphatic rings. The largest absolute Gasteiger partial charge is 0.479 e. The second-order valence-corrected chi connectivity index (χ2v) is 10.0. The summed E-state index contributed by atoms with van der Waals surface area (Å²) >= 11 is 0. The summed E-state index contributed by atoms with van der Waals surface area (Å²) in [7, 11) is 0. The van der Waals surface area contributed by atoms with Gasteiger partial charge in [-0.2, -0.15) is 0 Å². The fraction of sp³-hybridized carbons (Fsp3) is 0.517. The molecule has 9 nitrogen and oxygen atoms in total. The van der Waals surface area contributed by atoms with Gasteiger partial charge < -0.3 is 29.4 Å². The maximum absolute atomic E-state index is 12.8. The van der Waals surface area contributed by atoms with Crippen molar-refractivity contribution in [3.05, 3.63) is 48.0 Å². The molecular formula is C29H39NO8. The summed E-state index contributed by atoms with van der Waals surface area (Å²) < 4.78 is 15.9. The lowest BCUT2D eigenvalue weighted by atomic mass is 10.0. The molecule has 0 spiro atoms. The van der Waals surface area contributed by atoms with E-state index in [0.29, 0.717) is 25.7 Å². The van der Waals surface area contributed by atoms with Gasteiger partial charge in [0.15, 0.2) is 12.2 Å². The number of carbonyl (C=O) groups excluding carboxylic acids is 3. The molecule has 0 aliphatic heterocycles. The summed E-state index contributed by atoms with van der Waals surface area (Å²) in [6.45, 7) is 4.70. The van der Waals surface area contributed by atoms with Crippen molar-refractivity contribution in [3.8, 4) is 0 Å². The Morgan fingerprint density at radius 2 is 1.68 bits per heavy atom. The zero-order chi connectivity index (χ0) is 28.0. The average molecular weight is 530 g/mol. The first-order valence-corrected chi connectivity index (χ1v) is 13.0. The Balaban J connectivity index is 1.85. The summed E-state index contributed by atoms with van der Waals surface area (Å²) in [5, 5.41) is 14.8. The summed E-state index contributed by atoms with van der Waals surface area (Å²) in [4.78, 5) is 47.3. The van der Waals surface area contributed by atoms with Gasteiger partial charge in [0, 0.05) is 19.6 Å². The van der Waals surface area contributed by atoms with Crippen LogP contribution in [-0.4, -0.2) is 66.8 Å². The van der Waals surface area contributed by atoms with Gasteiger partial charge in [-0.15, -0.1) is 0 Å². The number of carbonyl (C=O) groups is 4. The van der Waals surface area contributed by atoms with Gasteiger partial charge in [-0.3, -0.25) is 4.79 Å². The molecule has 9 heteroatoms. The molecule has 2 aromatic rings.